The van der Waals surface area contributed by atoms with E-state index in [9.17, 15) is 18.8 Å². The van der Waals surface area contributed by atoms with Gasteiger partial charge in [0, 0.05) is 37.7 Å². The molecular weight excluding hydrogens is 547 g/mol. The van der Waals surface area contributed by atoms with Gasteiger partial charge in [-0.05, 0) is 66.4 Å². The molecule has 1 aliphatic heterocycles. The highest BCUT2D eigenvalue weighted by Gasteiger charge is 2.27. The molecule has 3 aromatic carbocycles. The van der Waals surface area contributed by atoms with Crippen LogP contribution in [0.3, 0.4) is 0 Å². The molecule has 43 heavy (non-hydrogen) atoms. The Morgan fingerprint density at radius 3 is 2.42 bits per heavy atom. The van der Waals surface area contributed by atoms with E-state index in [1.165, 1.54) is 12.1 Å². The Hall–Kier alpha value is -4.50. The zero-order valence-electron chi connectivity index (χ0n) is 25.0. The van der Waals surface area contributed by atoms with E-state index in [0.717, 1.165) is 18.5 Å². The van der Waals surface area contributed by atoms with E-state index < -0.39 is 24.0 Å². The van der Waals surface area contributed by atoms with Crippen LogP contribution in [0.4, 0.5) is 4.39 Å². The minimum atomic E-state index is -0.859. The summed E-state index contributed by atoms with van der Waals surface area (Å²) in [4.78, 5) is 38.8. The Morgan fingerprint density at radius 1 is 1.09 bits per heavy atom. The number of ether oxygens (including phenoxy) is 1. The topological polar surface area (TPSA) is 114 Å². The van der Waals surface area contributed by atoms with E-state index in [2.05, 4.69) is 22.1 Å². The van der Waals surface area contributed by atoms with Gasteiger partial charge in [0.15, 0.2) is 0 Å². The molecular formula is C34H41FN4O4. The molecule has 9 heteroatoms. The molecule has 0 saturated carbocycles. The van der Waals surface area contributed by atoms with Crippen LogP contribution < -0.4 is 21.1 Å². The summed E-state index contributed by atoms with van der Waals surface area (Å²) in [6.45, 7) is 11.1. The van der Waals surface area contributed by atoms with Crippen LogP contribution in [0.1, 0.15) is 53.4 Å². The Labute approximate surface area is 253 Å². The summed E-state index contributed by atoms with van der Waals surface area (Å²) in [5, 5.41) is 5.63. The molecule has 1 fully saturated rings. The molecule has 0 bridgehead atoms. The van der Waals surface area contributed by atoms with E-state index in [1.54, 1.807) is 37.3 Å². The van der Waals surface area contributed by atoms with Crippen LogP contribution in [0.25, 0.3) is 0 Å². The van der Waals surface area contributed by atoms with Gasteiger partial charge in [-0.3, -0.25) is 19.3 Å². The third kappa shape index (κ3) is 9.78. The lowest BCUT2D eigenvalue weighted by atomic mass is 10.0. The fourth-order valence-electron chi connectivity index (χ4n) is 4.79. The van der Waals surface area contributed by atoms with Gasteiger partial charge in [-0.15, -0.1) is 0 Å². The second-order valence-corrected chi connectivity index (χ2v) is 10.2. The van der Waals surface area contributed by atoms with Gasteiger partial charge in [-0.25, -0.2) is 4.39 Å². The van der Waals surface area contributed by atoms with Crippen LogP contribution in [-0.2, 0) is 16.0 Å². The molecule has 3 amide bonds. The Bertz CT molecular complexity index is 1380. The van der Waals surface area contributed by atoms with Crippen LogP contribution in [-0.4, -0.2) is 54.3 Å². The number of aryl methyl sites for hydroxylation is 1. The van der Waals surface area contributed by atoms with Gasteiger partial charge in [-0.1, -0.05) is 62.9 Å². The first-order chi connectivity index (χ1) is 20.7. The molecule has 228 valence electrons. The van der Waals surface area contributed by atoms with Crippen LogP contribution in [0, 0.1) is 12.7 Å². The van der Waals surface area contributed by atoms with Crippen molar-refractivity contribution in [2.24, 2.45) is 5.73 Å². The summed E-state index contributed by atoms with van der Waals surface area (Å²) < 4.78 is 20.8. The van der Waals surface area contributed by atoms with Gasteiger partial charge in [-0.2, -0.15) is 0 Å². The molecule has 0 spiro atoms. The summed E-state index contributed by atoms with van der Waals surface area (Å²) in [6.07, 6.45) is 1.83. The molecule has 0 radical (unpaired) electrons. The van der Waals surface area contributed by atoms with Gasteiger partial charge in [0.1, 0.15) is 23.7 Å². The van der Waals surface area contributed by atoms with Crippen molar-refractivity contribution in [2.75, 3.05) is 19.6 Å². The zero-order chi connectivity index (χ0) is 31.4. The largest absolute Gasteiger partial charge is 0.484 e. The lowest BCUT2D eigenvalue weighted by molar-refractivity contribution is -0.120. The molecule has 1 saturated heterocycles. The predicted molar refractivity (Wildman–Crippen MR) is 166 cm³/mol. The van der Waals surface area contributed by atoms with Crippen LogP contribution >= 0.6 is 0 Å². The van der Waals surface area contributed by atoms with Gasteiger partial charge in [0.05, 0.1) is 0 Å². The maximum atomic E-state index is 14.5. The number of hydrogen-bond donors (Lipinski definition) is 3. The minimum Gasteiger partial charge on any atom is -0.484 e. The lowest BCUT2D eigenvalue weighted by Gasteiger charge is -2.26. The van der Waals surface area contributed by atoms with Crippen molar-refractivity contribution in [1.29, 1.82) is 0 Å². The molecule has 0 aromatic heterocycles. The average Bonchev–Trinajstić information content (AvgIpc) is 3.46. The SMILES string of the molecule is C=CC(=O)NC1CCN(CC(Oc2ccc(C(=O)NC(Cc3ccccc3)C(N)=O)cc2)c2ccc(C)c(F)c2)C1.CC. The Balaban J connectivity index is 0.00000248. The third-order valence-corrected chi connectivity index (χ3v) is 7.12. The first-order valence-electron chi connectivity index (χ1n) is 14.5. The number of nitrogens with two attached hydrogens (primary N) is 1. The summed E-state index contributed by atoms with van der Waals surface area (Å²) in [5.74, 6) is -1.09. The van der Waals surface area contributed by atoms with Crippen molar-refractivity contribution in [3.8, 4) is 5.75 Å². The number of primary amides is 1. The number of carbonyl (C=O) groups excluding carboxylic acids is 3. The second kappa shape index (κ2) is 16.2. The molecule has 1 aliphatic rings. The number of likely N-dealkylation sites (tertiary alicyclic amines) is 1. The summed E-state index contributed by atoms with van der Waals surface area (Å²) >= 11 is 0. The number of nitrogens with zero attached hydrogens (tertiary/aromatic N) is 1. The van der Waals surface area contributed by atoms with Crippen molar-refractivity contribution in [2.45, 2.75) is 51.8 Å². The first-order valence-corrected chi connectivity index (χ1v) is 14.5. The van der Waals surface area contributed by atoms with Gasteiger partial charge in [0.2, 0.25) is 11.8 Å². The molecule has 1 heterocycles. The molecule has 0 aliphatic carbocycles. The zero-order valence-corrected chi connectivity index (χ0v) is 25.0. The first kappa shape index (κ1) is 33.0. The smallest absolute Gasteiger partial charge is 0.251 e. The molecule has 3 atom stereocenters. The van der Waals surface area contributed by atoms with Crippen LogP contribution in [0.15, 0.2) is 85.5 Å². The van der Waals surface area contributed by atoms with Crippen molar-refractivity contribution in [3.05, 3.63) is 114 Å². The van der Waals surface area contributed by atoms with Crippen molar-refractivity contribution >= 4 is 17.7 Å². The molecule has 4 N–H and O–H groups in total. The second-order valence-electron chi connectivity index (χ2n) is 10.2. The van der Waals surface area contributed by atoms with Crippen molar-refractivity contribution in [1.82, 2.24) is 15.5 Å². The lowest BCUT2D eigenvalue weighted by Crippen LogP contribution is -2.45. The number of halogens is 1. The number of benzene rings is 3. The molecule has 3 aromatic rings. The van der Waals surface area contributed by atoms with Crippen LogP contribution in [0.5, 0.6) is 5.75 Å². The highest BCUT2D eigenvalue weighted by molar-refractivity contribution is 5.97. The normalized spacial score (nSPS) is 15.8. The molecule has 3 unspecified atom stereocenters. The fraction of sp³-hybridized carbons (Fsp3) is 0.324. The quantitative estimate of drug-likeness (QED) is 0.270. The summed E-state index contributed by atoms with van der Waals surface area (Å²) in [5.41, 5.74) is 7.98. The number of nitrogens with one attached hydrogen (secondary N) is 2. The fourth-order valence-corrected chi connectivity index (χ4v) is 4.79. The monoisotopic (exact) mass is 588 g/mol. The van der Waals surface area contributed by atoms with Crippen LogP contribution in [0.2, 0.25) is 0 Å². The standard InChI is InChI=1S/C32H35FN4O4.C2H6/c1-3-30(38)35-25-15-16-37(19-25)20-29(24-10-9-21(2)27(33)18-24)41-26-13-11-23(12-14-26)32(40)36-28(31(34)39)17-22-7-5-4-6-8-22;1-2/h3-14,18,25,28-29H,1,15-17,19-20H2,2H3,(H2,34,39)(H,35,38)(H,36,40);1-2H3. The Kier molecular flexibility index (Phi) is 12.5. The maximum Gasteiger partial charge on any atom is 0.251 e. The van der Waals surface area contributed by atoms with E-state index in [-0.39, 0.29) is 24.2 Å². The van der Waals surface area contributed by atoms with E-state index in [0.29, 0.717) is 35.5 Å². The molecule has 8 nitrogen and oxygen atoms in total. The highest BCUT2D eigenvalue weighted by atomic mass is 19.1. The number of carbonyl (C=O) groups is 3. The van der Waals surface area contributed by atoms with E-state index >= 15 is 0 Å². The van der Waals surface area contributed by atoms with Gasteiger partial charge < -0.3 is 21.1 Å². The molecule has 4 rings (SSSR count). The van der Waals surface area contributed by atoms with Gasteiger partial charge >= 0.3 is 0 Å². The number of amides is 3. The third-order valence-electron chi connectivity index (χ3n) is 7.12. The van der Waals surface area contributed by atoms with E-state index in [4.69, 9.17) is 10.5 Å². The van der Waals surface area contributed by atoms with Crippen molar-refractivity contribution < 1.29 is 23.5 Å². The van der Waals surface area contributed by atoms with E-state index in [1.807, 2.05) is 50.2 Å². The average molecular weight is 589 g/mol. The maximum absolute atomic E-state index is 14.5. The minimum absolute atomic E-state index is 0.000168. The number of rotatable bonds is 12. The predicted octanol–water partition coefficient (Wildman–Crippen LogP) is 4.48. The Morgan fingerprint density at radius 2 is 1.79 bits per heavy atom. The van der Waals surface area contributed by atoms with Gasteiger partial charge in [0.25, 0.3) is 5.91 Å². The summed E-state index contributed by atoms with van der Waals surface area (Å²) in [6, 6.07) is 20.0. The summed E-state index contributed by atoms with van der Waals surface area (Å²) in [7, 11) is 0. The number of hydrogen-bond acceptors (Lipinski definition) is 5. The highest BCUT2D eigenvalue weighted by Crippen LogP contribution is 2.26. The van der Waals surface area contributed by atoms with Crippen molar-refractivity contribution in [3.63, 3.8) is 0 Å².